The predicted octanol–water partition coefficient (Wildman–Crippen LogP) is 2.49. The highest BCUT2D eigenvalue weighted by molar-refractivity contribution is 5.28. The van der Waals surface area contributed by atoms with Crippen molar-refractivity contribution < 1.29 is 0 Å². The molecule has 0 saturated carbocycles. The van der Waals surface area contributed by atoms with Gasteiger partial charge >= 0.3 is 0 Å². The van der Waals surface area contributed by atoms with Gasteiger partial charge in [0.15, 0.2) is 0 Å². The highest BCUT2D eigenvalue weighted by atomic mass is 15.1. The molecule has 1 aromatic heterocycles. The van der Waals surface area contributed by atoms with Gasteiger partial charge in [-0.25, -0.2) is 0 Å². The Kier molecular flexibility index (Phi) is 4.09. The molecule has 1 aliphatic rings. The smallest absolute Gasteiger partial charge is 0.0584 e. The molecule has 3 nitrogen and oxygen atoms in total. The summed E-state index contributed by atoms with van der Waals surface area (Å²) < 4.78 is 0. The van der Waals surface area contributed by atoms with Gasteiger partial charge in [-0.2, -0.15) is 0 Å². The quantitative estimate of drug-likeness (QED) is 0.929. The Morgan fingerprint density at radius 1 is 1.10 bits per heavy atom. The molecule has 2 aromatic rings. The molecule has 2 heterocycles. The minimum atomic E-state index is 0.514. The molecular formula is C17H21N3. The Morgan fingerprint density at radius 3 is 2.80 bits per heavy atom. The van der Waals surface area contributed by atoms with E-state index in [2.05, 4.69) is 40.2 Å². The summed E-state index contributed by atoms with van der Waals surface area (Å²) >= 11 is 0. The molecule has 0 bridgehead atoms. The van der Waals surface area contributed by atoms with Gasteiger partial charge in [0, 0.05) is 25.8 Å². The fourth-order valence-electron chi connectivity index (χ4n) is 2.94. The molecule has 0 fully saturated rings. The van der Waals surface area contributed by atoms with E-state index in [1.54, 1.807) is 0 Å². The van der Waals surface area contributed by atoms with Crippen LogP contribution in [0.1, 0.15) is 28.8 Å². The van der Waals surface area contributed by atoms with Crippen molar-refractivity contribution in [3.63, 3.8) is 0 Å². The second-order valence-corrected chi connectivity index (χ2v) is 5.40. The number of aromatic nitrogens is 1. The number of nitrogens with zero attached hydrogens (tertiary/aromatic N) is 2. The normalized spacial score (nSPS) is 15.7. The Balaban J connectivity index is 1.78. The van der Waals surface area contributed by atoms with E-state index >= 15 is 0 Å². The van der Waals surface area contributed by atoms with Gasteiger partial charge in [0.1, 0.15) is 0 Å². The first-order chi connectivity index (χ1) is 9.86. The Labute approximate surface area is 120 Å². The number of fused-ring (bicyclic) bond motifs is 1. The van der Waals surface area contributed by atoms with Crippen LogP contribution in [0.15, 0.2) is 42.6 Å². The average Bonchev–Trinajstić information content (AvgIpc) is 2.69. The van der Waals surface area contributed by atoms with E-state index in [4.69, 9.17) is 5.73 Å². The highest BCUT2D eigenvalue weighted by Crippen LogP contribution is 2.20. The fraction of sp³-hybridized carbons (Fsp3) is 0.353. The maximum Gasteiger partial charge on any atom is 0.0584 e. The first-order valence-electron chi connectivity index (χ1n) is 7.29. The van der Waals surface area contributed by atoms with Crippen molar-refractivity contribution in [2.75, 3.05) is 6.54 Å². The van der Waals surface area contributed by atoms with E-state index < -0.39 is 0 Å². The summed E-state index contributed by atoms with van der Waals surface area (Å²) in [6.45, 7) is 3.61. The molecule has 1 aliphatic heterocycles. The minimum Gasteiger partial charge on any atom is -0.325 e. The van der Waals surface area contributed by atoms with Crippen LogP contribution in [0.25, 0.3) is 0 Å². The van der Waals surface area contributed by atoms with Crippen LogP contribution in [0.3, 0.4) is 0 Å². The van der Waals surface area contributed by atoms with Crippen LogP contribution in [-0.4, -0.2) is 16.4 Å². The third-order valence-corrected chi connectivity index (χ3v) is 4.00. The summed E-state index contributed by atoms with van der Waals surface area (Å²) in [6, 6.07) is 12.9. The third-order valence-electron chi connectivity index (χ3n) is 4.00. The van der Waals surface area contributed by atoms with Crippen LogP contribution in [0.5, 0.6) is 0 Å². The van der Waals surface area contributed by atoms with Crippen molar-refractivity contribution in [2.24, 2.45) is 5.73 Å². The molecule has 0 spiro atoms. The topological polar surface area (TPSA) is 42.1 Å². The van der Waals surface area contributed by atoms with Crippen molar-refractivity contribution in [3.05, 3.63) is 65.0 Å². The van der Waals surface area contributed by atoms with E-state index in [1.807, 2.05) is 12.3 Å². The van der Waals surface area contributed by atoms with E-state index in [-0.39, 0.29) is 0 Å². The molecule has 104 valence electrons. The number of rotatable bonds is 3. The Morgan fingerprint density at radius 2 is 1.95 bits per heavy atom. The summed E-state index contributed by atoms with van der Waals surface area (Å²) in [5.41, 5.74) is 11.0. The van der Waals surface area contributed by atoms with Crippen LogP contribution in [0.4, 0.5) is 0 Å². The Hall–Kier alpha value is -1.71. The molecule has 20 heavy (non-hydrogen) atoms. The number of benzene rings is 1. The van der Waals surface area contributed by atoms with Gasteiger partial charge in [-0.1, -0.05) is 30.3 Å². The van der Waals surface area contributed by atoms with E-state index in [0.29, 0.717) is 6.54 Å². The van der Waals surface area contributed by atoms with Gasteiger partial charge in [-0.15, -0.1) is 0 Å². The van der Waals surface area contributed by atoms with Crippen LogP contribution in [0, 0.1) is 0 Å². The molecule has 3 heteroatoms. The summed E-state index contributed by atoms with van der Waals surface area (Å²) in [6.07, 6.45) is 4.22. The van der Waals surface area contributed by atoms with Crippen molar-refractivity contribution >= 4 is 0 Å². The van der Waals surface area contributed by atoms with Crippen molar-refractivity contribution in [3.8, 4) is 0 Å². The minimum absolute atomic E-state index is 0.514. The second-order valence-electron chi connectivity index (χ2n) is 5.40. The molecule has 1 aromatic carbocycles. The zero-order valence-electron chi connectivity index (χ0n) is 11.8. The molecule has 0 unspecified atom stereocenters. The van der Waals surface area contributed by atoms with Crippen LogP contribution >= 0.6 is 0 Å². The lowest BCUT2D eigenvalue weighted by molar-refractivity contribution is 0.260. The molecule has 0 saturated heterocycles. The lowest BCUT2D eigenvalue weighted by Gasteiger charge is -2.21. The molecular weight excluding hydrogens is 246 g/mol. The van der Waals surface area contributed by atoms with E-state index in [1.165, 1.54) is 29.5 Å². The average molecular weight is 267 g/mol. The summed E-state index contributed by atoms with van der Waals surface area (Å²) in [4.78, 5) is 6.88. The fourth-order valence-corrected chi connectivity index (χ4v) is 2.94. The maximum absolute atomic E-state index is 5.78. The molecule has 2 N–H and O–H groups in total. The number of hydrogen-bond acceptors (Lipinski definition) is 3. The number of pyridine rings is 1. The zero-order chi connectivity index (χ0) is 13.8. The maximum atomic E-state index is 5.78. The first-order valence-corrected chi connectivity index (χ1v) is 7.29. The first kappa shape index (κ1) is 13.3. The lowest BCUT2D eigenvalue weighted by atomic mass is 10.0. The number of aryl methyl sites for hydroxylation is 1. The lowest BCUT2D eigenvalue weighted by Crippen LogP contribution is -2.24. The van der Waals surface area contributed by atoms with Gasteiger partial charge < -0.3 is 5.73 Å². The molecule has 0 aliphatic carbocycles. The van der Waals surface area contributed by atoms with Crippen molar-refractivity contribution in [1.82, 2.24) is 9.88 Å². The summed E-state index contributed by atoms with van der Waals surface area (Å²) in [7, 11) is 0. The van der Waals surface area contributed by atoms with Crippen LogP contribution in [-0.2, 0) is 26.1 Å². The summed E-state index contributed by atoms with van der Waals surface area (Å²) in [5.74, 6) is 0. The monoisotopic (exact) mass is 267 g/mol. The predicted molar refractivity (Wildman–Crippen MR) is 81.0 cm³/mol. The largest absolute Gasteiger partial charge is 0.325 e. The highest BCUT2D eigenvalue weighted by Gasteiger charge is 2.15. The molecule has 0 atom stereocenters. The zero-order valence-corrected chi connectivity index (χ0v) is 11.8. The van der Waals surface area contributed by atoms with Gasteiger partial charge in [0.25, 0.3) is 0 Å². The van der Waals surface area contributed by atoms with Gasteiger partial charge in [0.05, 0.1) is 5.69 Å². The van der Waals surface area contributed by atoms with E-state index in [0.717, 1.165) is 25.3 Å². The SMILES string of the molecule is NCc1ncccc1CN1CCCc2ccccc2C1. The molecule has 0 amide bonds. The van der Waals surface area contributed by atoms with Crippen molar-refractivity contribution in [2.45, 2.75) is 32.5 Å². The second kappa shape index (κ2) is 6.16. The van der Waals surface area contributed by atoms with Crippen LogP contribution < -0.4 is 5.73 Å². The summed E-state index contributed by atoms with van der Waals surface area (Å²) in [5, 5.41) is 0. The number of hydrogen-bond donors (Lipinski definition) is 1. The van der Waals surface area contributed by atoms with Crippen LogP contribution in [0.2, 0.25) is 0 Å². The third kappa shape index (κ3) is 2.89. The molecule has 3 rings (SSSR count). The van der Waals surface area contributed by atoms with Crippen molar-refractivity contribution in [1.29, 1.82) is 0 Å². The van der Waals surface area contributed by atoms with E-state index in [9.17, 15) is 0 Å². The van der Waals surface area contributed by atoms with Gasteiger partial charge in [-0.3, -0.25) is 9.88 Å². The standard InChI is InChI=1S/C17H21N3/c18-11-17-16(7-3-9-19-17)13-20-10-4-8-14-5-1-2-6-15(14)12-20/h1-3,5-7,9H,4,8,10-13,18H2. The van der Waals surface area contributed by atoms with Gasteiger partial charge in [0.2, 0.25) is 0 Å². The molecule has 0 radical (unpaired) electrons. The van der Waals surface area contributed by atoms with Gasteiger partial charge in [-0.05, 0) is 42.1 Å². The Bertz CT molecular complexity index is 580. The number of nitrogens with two attached hydrogens (primary N) is 1.